The molecule has 1 aromatic carbocycles. The first-order valence-corrected chi connectivity index (χ1v) is 10.7. The minimum Gasteiger partial charge on any atom is -0.486 e. The van der Waals surface area contributed by atoms with Gasteiger partial charge in [0.1, 0.15) is 12.2 Å². The third-order valence-electron chi connectivity index (χ3n) is 4.46. The summed E-state index contributed by atoms with van der Waals surface area (Å²) in [5.41, 5.74) is 1.87. The molecular formula is C21H27IN4O3. The number of carbonyl (C=O) groups is 1. The number of piperazine rings is 1. The zero-order chi connectivity index (χ0) is 21.0. The molecule has 0 saturated carbocycles. The lowest BCUT2D eigenvalue weighted by molar-refractivity contribution is 0.0240. The third kappa shape index (κ3) is 6.19. The molecule has 0 radical (unpaired) electrons. The van der Waals surface area contributed by atoms with Crippen LogP contribution < -0.4 is 9.64 Å². The Hall–Kier alpha value is -2.10. The molecule has 8 heteroatoms. The van der Waals surface area contributed by atoms with Crippen molar-refractivity contribution in [1.82, 2.24) is 14.9 Å². The third-order valence-corrected chi connectivity index (χ3v) is 5.67. The van der Waals surface area contributed by atoms with E-state index in [1.807, 2.05) is 20.8 Å². The highest BCUT2D eigenvalue weighted by atomic mass is 127. The molecule has 0 spiro atoms. The van der Waals surface area contributed by atoms with Crippen LogP contribution in [0.3, 0.4) is 0 Å². The number of anilines is 1. The Morgan fingerprint density at radius 3 is 2.38 bits per heavy atom. The maximum atomic E-state index is 12.2. The molecule has 1 aliphatic heterocycles. The van der Waals surface area contributed by atoms with Gasteiger partial charge in [-0.3, -0.25) is 0 Å². The van der Waals surface area contributed by atoms with Gasteiger partial charge in [-0.15, -0.1) is 0 Å². The molecule has 0 bridgehead atoms. The predicted octanol–water partition coefficient (Wildman–Crippen LogP) is 4.03. The van der Waals surface area contributed by atoms with Crippen molar-refractivity contribution in [3.8, 4) is 5.75 Å². The maximum absolute atomic E-state index is 12.2. The van der Waals surface area contributed by atoms with Crippen molar-refractivity contribution in [2.75, 3.05) is 31.1 Å². The minimum absolute atomic E-state index is 0.271. The number of aromatic nitrogens is 2. The quantitative estimate of drug-likeness (QED) is 0.579. The van der Waals surface area contributed by atoms with Gasteiger partial charge in [-0.2, -0.15) is 0 Å². The van der Waals surface area contributed by atoms with Crippen LogP contribution in [0, 0.1) is 10.5 Å². The van der Waals surface area contributed by atoms with Crippen LogP contribution in [0.1, 0.15) is 31.9 Å². The SMILES string of the molecule is Cc1cc(COc2cnc(N3CCN(C(=O)OC(C)(C)C)CC3)nc2)ccc1I. The first kappa shape index (κ1) is 21.6. The van der Waals surface area contributed by atoms with Gasteiger partial charge in [0, 0.05) is 29.7 Å². The summed E-state index contributed by atoms with van der Waals surface area (Å²) >= 11 is 2.32. The summed E-state index contributed by atoms with van der Waals surface area (Å²) in [5.74, 6) is 1.28. The smallest absolute Gasteiger partial charge is 0.410 e. The molecule has 0 atom stereocenters. The van der Waals surface area contributed by atoms with Crippen LogP contribution in [0.2, 0.25) is 0 Å². The molecular weight excluding hydrogens is 483 g/mol. The molecule has 1 aromatic heterocycles. The summed E-state index contributed by atoms with van der Waals surface area (Å²) in [5, 5.41) is 0. The topological polar surface area (TPSA) is 67.8 Å². The van der Waals surface area contributed by atoms with Gasteiger partial charge in [0.2, 0.25) is 5.95 Å². The van der Waals surface area contributed by atoms with Gasteiger partial charge in [-0.05, 0) is 67.5 Å². The van der Waals surface area contributed by atoms with Crippen molar-refractivity contribution < 1.29 is 14.3 Å². The van der Waals surface area contributed by atoms with Crippen molar-refractivity contribution in [2.24, 2.45) is 0 Å². The summed E-state index contributed by atoms with van der Waals surface area (Å²) in [6.07, 6.45) is 3.12. The summed E-state index contributed by atoms with van der Waals surface area (Å²) < 4.78 is 12.5. The number of halogens is 1. The van der Waals surface area contributed by atoms with Gasteiger partial charge in [-0.25, -0.2) is 14.8 Å². The van der Waals surface area contributed by atoms with Gasteiger partial charge in [-0.1, -0.05) is 12.1 Å². The van der Waals surface area contributed by atoms with E-state index >= 15 is 0 Å². The number of amides is 1. The molecule has 0 N–H and O–H groups in total. The Morgan fingerprint density at radius 2 is 1.79 bits per heavy atom. The van der Waals surface area contributed by atoms with Crippen LogP contribution in [-0.4, -0.2) is 52.7 Å². The monoisotopic (exact) mass is 510 g/mol. The van der Waals surface area contributed by atoms with Crippen molar-refractivity contribution in [1.29, 1.82) is 0 Å². The summed E-state index contributed by atoms with van der Waals surface area (Å²) in [6.45, 7) is 10.7. The first-order valence-electron chi connectivity index (χ1n) is 9.64. The van der Waals surface area contributed by atoms with Crippen LogP contribution in [0.4, 0.5) is 10.7 Å². The van der Waals surface area contributed by atoms with Crippen molar-refractivity contribution in [3.05, 3.63) is 45.3 Å². The molecule has 29 heavy (non-hydrogen) atoms. The molecule has 1 amide bonds. The second-order valence-electron chi connectivity index (χ2n) is 8.05. The number of rotatable bonds is 4. The average molecular weight is 510 g/mol. The van der Waals surface area contributed by atoms with E-state index in [2.05, 4.69) is 62.6 Å². The lowest BCUT2D eigenvalue weighted by Crippen LogP contribution is -2.50. The first-order chi connectivity index (χ1) is 13.7. The maximum Gasteiger partial charge on any atom is 0.410 e. The Balaban J connectivity index is 1.50. The lowest BCUT2D eigenvalue weighted by Gasteiger charge is -2.35. The lowest BCUT2D eigenvalue weighted by atomic mass is 10.1. The second kappa shape index (κ2) is 9.15. The van der Waals surface area contributed by atoms with E-state index in [1.54, 1.807) is 17.3 Å². The van der Waals surface area contributed by atoms with Gasteiger partial charge in [0.25, 0.3) is 0 Å². The molecule has 2 aromatic rings. The van der Waals surface area contributed by atoms with E-state index in [9.17, 15) is 4.79 Å². The highest BCUT2D eigenvalue weighted by Gasteiger charge is 2.26. The number of aryl methyl sites for hydroxylation is 1. The largest absolute Gasteiger partial charge is 0.486 e. The summed E-state index contributed by atoms with van der Waals surface area (Å²) in [6, 6.07) is 6.28. The molecule has 2 heterocycles. The zero-order valence-electron chi connectivity index (χ0n) is 17.3. The second-order valence-corrected chi connectivity index (χ2v) is 9.21. The van der Waals surface area contributed by atoms with Crippen LogP contribution in [0.5, 0.6) is 5.75 Å². The van der Waals surface area contributed by atoms with Gasteiger partial charge in [0.15, 0.2) is 5.75 Å². The number of benzene rings is 1. The molecule has 0 unspecified atom stereocenters. The Morgan fingerprint density at radius 1 is 1.14 bits per heavy atom. The Kier molecular flexibility index (Phi) is 6.81. The number of nitrogens with zero attached hydrogens (tertiary/aromatic N) is 4. The fourth-order valence-electron chi connectivity index (χ4n) is 2.93. The molecule has 0 aliphatic carbocycles. The fraction of sp³-hybridized carbons (Fsp3) is 0.476. The van der Waals surface area contributed by atoms with E-state index in [0.29, 0.717) is 44.5 Å². The number of carbonyl (C=O) groups excluding carboxylic acids is 1. The number of hydrogen-bond donors (Lipinski definition) is 0. The average Bonchev–Trinajstić information content (AvgIpc) is 2.68. The van der Waals surface area contributed by atoms with Gasteiger partial charge in [0.05, 0.1) is 12.4 Å². The van der Waals surface area contributed by atoms with Crippen LogP contribution in [0.25, 0.3) is 0 Å². The molecule has 3 rings (SSSR count). The van der Waals surface area contributed by atoms with Gasteiger partial charge >= 0.3 is 6.09 Å². The molecule has 7 nitrogen and oxygen atoms in total. The summed E-state index contributed by atoms with van der Waals surface area (Å²) in [7, 11) is 0. The number of ether oxygens (including phenoxy) is 2. The van der Waals surface area contributed by atoms with Crippen LogP contribution in [0.15, 0.2) is 30.6 Å². The van der Waals surface area contributed by atoms with Crippen molar-refractivity contribution in [2.45, 2.75) is 39.9 Å². The minimum atomic E-state index is -0.482. The van der Waals surface area contributed by atoms with E-state index < -0.39 is 5.60 Å². The zero-order valence-corrected chi connectivity index (χ0v) is 19.5. The van der Waals surface area contributed by atoms with E-state index in [1.165, 1.54) is 9.13 Å². The molecule has 1 aliphatic rings. The molecule has 1 saturated heterocycles. The van der Waals surface area contributed by atoms with E-state index in [0.717, 1.165) is 5.56 Å². The Bertz CT molecular complexity index is 844. The standard InChI is InChI=1S/C21H27IN4O3/c1-15-11-16(5-6-18(15)22)14-28-17-12-23-19(24-13-17)25-7-9-26(10-8-25)20(27)29-21(2,3)4/h5-6,11-13H,7-10,14H2,1-4H3. The fourth-order valence-corrected chi connectivity index (χ4v) is 3.26. The van der Waals surface area contributed by atoms with E-state index in [4.69, 9.17) is 9.47 Å². The molecule has 156 valence electrons. The highest BCUT2D eigenvalue weighted by molar-refractivity contribution is 14.1. The number of hydrogen-bond acceptors (Lipinski definition) is 6. The highest BCUT2D eigenvalue weighted by Crippen LogP contribution is 2.18. The van der Waals surface area contributed by atoms with Crippen molar-refractivity contribution in [3.63, 3.8) is 0 Å². The summed E-state index contributed by atoms with van der Waals surface area (Å²) in [4.78, 5) is 24.8. The Labute approximate surface area is 185 Å². The van der Waals surface area contributed by atoms with E-state index in [-0.39, 0.29) is 6.09 Å². The van der Waals surface area contributed by atoms with Crippen molar-refractivity contribution >= 4 is 34.6 Å². The van der Waals surface area contributed by atoms with Crippen LogP contribution >= 0.6 is 22.6 Å². The normalized spacial score (nSPS) is 14.7. The molecule has 1 fully saturated rings. The van der Waals surface area contributed by atoms with Gasteiger partial charge < -0.3 is 19.3 Å². The predicted molar refractivity (Wildman–Crippen MR) is 120 cm³/mol. The van der Waals surface area contributed by atoms with Crippen LogP contribution in [-0.2, 0) is 11.3 Å².